The van der Waals surface area contributed by atoms with Crippen LogP contribution in [0.15, 0.2) is 23.1 Å². The number of aryl methyl sites for hydroxylation is 1. The molecular formula is C13H12N2O6. The standard InChI is InChI=1S/C13H12N2O6/c1-3-14-6-9(13(17)18)7-4-10(15(19)20)11(21-2)5-8(7)12(14)16/h4-6H,3H2,1-2H3,(H,17,18). The van der Waals surface area contributed by atoms with E-state index in [4.69, 9.17) is 4.74 Å². The van der Waals surface area contributed by atoms with Crippen LogP contribution in [-0.4, -0.2) is 27.7 Å². The Bertz CT molecular complexity index is 808. The van der Waals surface area contributed by atoms with E-state index in [1.807, 2.05) is 0 Å². The molecule has 1 aromatic carbocycles. The van der Waals surface area contributed by atoms with Crippen molar-refractivity contribution in [3.63, 3.8) is 0 Å². The van der Waals surface area contributed by atoms with Crippen LogP contribution in [0.5, 0.6) is 5.75 Å². The summed E-state index contributed by atoms with van der Waals surface area (Å²) in [7, 11) is 1.24. The Morgan fingerprint density at radius 2 is 2.10 bits per heavy atom. The highest BCUT2D eigenvalue weighted by atomic mass is 16.6. The Morgan fingerprint density at radius 1 is 1.43 bits per heavy atom. The van der Waals surface area contributed by atoms with Crippen molar-refractivity contribution < 1.29 is 19.6 Å². The van der Waals surface area contributed by atoms with Gasteiger partial charge in [0, 0.05) is 30.3 Å². The Kier molecular flexibility index (Phi) is 3.62. The van der Waals surface area contributed by atoms with Gasteiger partial charge in [-0.3, -0.25) is 14.9 Å². The number of aromatic nitrogens is 1. The van der Waals surface area contributed by atoms with E-state index in [9.17, 15) is 24.8 Å². The highest BCUT2D eigenvalue weighted by molar-refractivity contribution is 6.04. The fraction of sp³-hybridized carbons (Fsp3) is 0.231. The van der Waals surface area contributed by atoms with Crippen LogP contribution >= 0.6 is 0 Å². The van der Waals surface area contributed by atoms with E-state index in [2.05, 4.69) is 0 Å². The zero-order valence-electron chi connectivity index (χ0n) is 11.3. The molecule has 0 bridgehead atoms. The van der Waals surface area contributed by atoms with Gasteiger partial charge in [0.25, 0.3) is 5.56 Å². The molecule has 0 unspecified atom stereocenters. The number of nitro benzene ring substituents is 1. The van der Waals surface area contributed by atoms with Crippen molar-refractivity contribution in [3.8, 4) is 5.75 Å². The van der Waals surface area contributed by atoms with Gasteiger partial charge >= 0.3 is 11.7 Å². The number of ether oxygens (including phenoxy) is 1. The number of methoxy groups -OCH3 is 1. The zero-order valence-corrected chi connectivity index (χ0v) is 11.3. The molecule has 0 spiro atoms. The number of carbonyl (C=O) groups is 1. The lowest BCUT2D eigenvalue weighted by molar-refractivity contribution is -0.385. The van der Waals surface area contributed by atoms with E-state index in [1.54, 1.807) is 6.92 Å². The first kappa shape index (κ1) is 14.5. The highest BCUT2D eigenvalue weighted by Gasteiger charge is 2.21. The fourth-order valence-corrected chi connectivity index (χ4v) is 2.12. The first-order valence-electron chi connectivity index (χ1n) is 6.03. The van der Waals surface area contributed by atoms with Crippen LogP contribution in [0.4, 0.5) is 5.69 Å². The number of nitrogens with zero attached hydrogens (tertiary/aromatic N) is 2. The van der Waals surface area contributed by atoms with Crippen molar-refractivity contribution in [1.29, 1.82) is 0 Å². The summed E-state index contributed by atoms with van der Waals surface area (Å²) >= 11 is 0. The molecular weight excluding hydrogens is 280 g/mol. The predicted molar refractivity (Wildman–Crippen MR) is 74.0 cm³/mol. The van der Waals surface area contributed by atoms with Gasteiger partial charge in [-0.05, 0) is 6.92 Å². The maximum Gasteiger partial charge on any atom is 0.337 e. The van der Waals surface area contributed by atoms with Crippen LogP contribution in [0.2, 0.25) is 0 Å². The average molecular weight is 292 g/mol. The maximum atomic E-state index is 12.2. The van der Waals surface area contributed by atoms with Gasteiger partial charge in [-0.2, -0.15) is 0 Å². The molecule has 0 aliphatic carbocycles. The van der Waals surface area contributed by atoms with Gasteiger partial charge in [0.1, 0.15) is 0 Å². The highest BCUT2D eigenvalue weighted by Crippen LogP contribution is 2.32. The molecule has 0 aliphatic heterocycles. The first-order chi connectivity index (χ1) is 9.90. The summed E-state index contributed by atoms with van der Waals surface area (Å²) in [4.78, 5) is 33.9. The SMILES string of the molecule is CCn1cc(C(=O)O)c2cc([N+](=O)[O-])c(OC)cc2c1=O. The molecule has 1 N–H and O–H groups in total. The van der Waals surface area contributed by atoms with Crippen LogP contribution in [0.1, 0.15) is 17.3 Å². The van der Waals surface area contributed by atoms with Crippen LogP contribution in [0.3, 0.4) is 0 Å². The van der Waals surface area contributed by atoms with Crippen LogP contribution in [-0.2, 0) is 6.54 Å². The number of carboxylic acids is 1. The Balaban J connectivity index is 3.01. The Morgan fingerprint density at radius 3 is 2.57 bits per heavy atom. The van der Waals surface area contributed by atoms with E-state index in [0.717, 1.165) is 6.07 Å². The quantitative estimate of drug-likeness (QED) is 0.677. The number of carboxylic acid groups (broad SMARTS) is 1. The second-order valence-electron chi connectivity index (χ2n) is 4.27. The molecule has 2 aromatic rings. The summed E-state index contributed by atoms with van der Waals surface area (Å²) < 4.78 is 6.14. The first-order valence-corrected chi connectivity index (χ1v) is 6.03. The molecule has 0 aliphatic rings. The lowest BCUT2D eigenvalue weighted by atomic mass is 10.1. The number of nitro groups is 1. The Labute approximate surface area is 118 Å². The second kappa shape index (κ2) is 5.23. The smallest absolute Gasteiger partial charge is 0.337 e. The molecule has 0 saturated carbocycles. The van der Waals surface area contributed by atoms with Gasteiger partial charge in [-0.15, -0.1) is 0 Å². The molecule has 110 valence electrons. The molecule has 0 radical (unpaired) electrons. The molecule has 0 atom stereocenters. The van der Waals surface area contributed by atoms with Gasteiger partial charge in [-0.1, -0.05) is 0 Å². The number of fused-ring (bicyclic) bond motifs is 1. The zero-order chi connectivity index (χ0) is 15.7. The third-order valence-electron chi connectivity index (χ3n) is 3.15. The fourth-order valence-electron chi connectivity index (χ4n) is 2.12. The molecule has 0 saturated heterocycles. The van der Waals surface area contributed by atoms with Crippen molar-refractivity contribution >= 4 is 22.4 Å². The Hall–Kier alpha value is -2.90. The van der Waals surface area contributed by atoms with Crippen LogP contribution in [0.25, 0.3) is 10.8 Å². The van der Waals surface area contributed by atoms with Crippen LogP contribution < -0.4 is 10.3 Å². The number of hydrogen-bond acceptors (Lipinski definition) is 5. The van der Waals surface area contributed by atoms with Gasteiger partial charge in [0.15, 0.2) is 5.75 Å². The summed E-state index contributed by atoms with van der Waals surface area (Å²) in [6.45, 7) is 1.98. The summed E-state index contributed by atoms with van der Waals surface area (Å²) in [5, 5.41) is 20.3. The maximum absolute atomic E-state index is 12.2. The van der Waals surface area contributed by atoms with E-state index in [-0.39, 0.29) is 34.3 Å². The number of aromatic carboxylic acids is 1. The van der Waals surface area contributed by atoms with Gasteiger partial charge < -0.3 is 14.4 Å². The number of benzene rings is 1. The van der Waals surface area contributed by atoms with E-state index >= 15 is 0 Å². The van der Waals surface area contributed by atoms with Crippen molar-refractivity contribution in [3.05, 3.63) is 44.4 Å². The minimum Gasteiger partial charge on any atom is -0.490 e. The summed E-state index contributed by atoms with van der Waals surface area (Å²) in [6.07, 6.45) is 1.18. The number of pyridine rings is 1. The third-order valence-corrected chi connectivity index (χ3v) is 3.15. The molecule has 21 heavy (non-hydrogen) atoms. The van der Waals surface area contributed by atoms with Gasteiger partial charge in [0.2, 0.25) is 0 Å². The third kappa shape index (κ3) is 2.31. The largest absolute Gasteiger partial charge is 0.490 e. The molecule has 0 fully saturated rings. The second-order valence-corrected chi connectivity index (χ2v) is 4.27. The summed E-state index contributed by atoms with van der Waals surface area (Å²) in [6, 6.07) is 2.26. The molecule has 8 heteroatoms. The van der Waals surface area contributed by atoms with E-state index in [1.165, 1.54) is 23.9 Å². The molecule has 0 amide bonds. The summed E-state index contributed by atoms with van der Waals surface area (Å²) in [5.74, 6) is -1.35. The topological polar surface area (TPSA) is 112 Å². The summed E-state index contributed by atoms with van der Waals surface area (Å²) in [5.41, 5.74) is -0.982. The predicted octanol–water partition coefficient (Wildman–Crippen LogP) is 1.64. The van der Waals surface area contributed by atoms with E-state index < -0.39 is 16.5 Å². The molecule has 2 rings (SSSR count). The van der Waals surface area contributed by atoms with Gasteiger partial charge in [0.05, 0.1) is 23.0 Å². The van der Waals surface area contributed by atoms with Crippen molar-refractivity contribution in [2.45, 2.75) is 13.5 Å². The lowest BCUT2D eigenvalue weighted by Crippen LogP contribution is -2.21. The van der Waals surface area contributed by atoms with Crippen LogP contribution in [0, 0.1) is 10.1 Å². The van der Waals surface area contributed by atoms with Crippen molar-refractivity contribution in [2.24, 2.45) is 0 Å². The molecule has 1 aromatic heterocycles. The number of rotatable bonds is 4. The molecule has 8 nitrogen and oxygen atoms in total. The average Bonchev–Trinajstić information content (AvgIpc) is 2.46. The van der Waals surface area contributed by atoms with Crippen molar-refractivity contribution in [2.75, 3.05) is 7.11 Å². The number of hydrogen-bond donors (Lipinski definition) is 1. The van der Waals surface area contributed by atoms with E-state index in [0.29, 0.717) is 0 Å². The minimum atomic E-state index is -1.26. The normalized spacial score (nSPS) is 10.6. The van der Waals surface area contributed by atoms with Gasteiger partial charge in [-0.25, -0.2) is 4.79 Å². The minimum absolute atomic E-state index is 0.0182. The monoisotopic (exact) mass is 292 g/mol. The van der Waals surface area contributed by atoms with Crippen molar-refractivity contribution in [1.82, 2.24) is 4.57 Å². The molecule has 1 heterocycles. The lowest BCUT2D eigenvalue weighted by Gasteiger charge is -2.09.